The van der Waals surface area contributed by atoms with Gasteiger partial charge in [0.2, 0.25) is 0 Å². The number of hydrogen-bond donors (Lipinski definition) is 1. The van der Waals surface area contributed by atoms with Crippen LogP contribution in [0.2, 0.25) is 0 Å². The molecule has 3 rings (SSSR count). The maximum Gasteiger partial charge on any atom is 0.293 e. The fraction of sp³-hybridized carbons (Fsp3) is 0.150. The van der Waals surface area contributed by atoms with Crippen LogP contribution in [0, 0.1) is 12.7 Å². The third-order valence-electron chi connectivity index (χ3n) is 3.97. The summed E-state index contributed by atoms with van der Waals surface area (Å²) in [5.41, 5.74) is 1.73. The van der Waals surface area contributed by atoms with Gasteiger partial charge in [0.25, 0.3) is 17.1 Å². The second-order valence-corrected chi connectivity index (χ2v) is 6.97. The number of imide groups is 1. The van der Waals surface area contributed by atoms with Crippen LogP contribution in [0.15, 0.2) is 53.4 Å². The Morgan fingerprint density at radius 2 is 1.96 bits per heavy atom. The monoisotopic (exact) mass is 384 g/mol. The van der Waals surface area contributed by atoms with Crippen molar-refractivity contribution in [3.05, 3.63) is 75.9 Å². The van der Waals surface area contributed by atoms with Crippen LogP contribution >= 0.6 is 11.8 Å². The summed E-state index contributed by atoms with van der Waals surface area (Å²) in [6, 6.07) is 13.1. The quantitative estimate of drug-likeness (QED) is 0.800. The number of amides is 3. The highest BCUT2D eigenvalue weighted by atomic mass is 32.2. The second kappa shape index (κ2) is 8.18. The minimum absolute atomic E-state index is 0.0524. The van der Waals surface area contributed by atoms with E-state index in [2.05, 4.69) is 5.32 Å². The average Bonchev–Trinajstić information content (AvgIpc) is 2.91. The van der Waals surface area contributed by atoms with E-state index in [-0.39, 0.29) is 29.5 Å². The van der Waals surface area contributed by atoms with Gasteiger partial charge in [-0.2, -0.15) is 0 Å². The van der Waals surface area contributed by atoms with Crippen LogP contribution in [-0.4, -0.2) is 35.0 Å². The summed E-state index contributed by atoms with van der Waals surface area (Å²) in [6.45, 7) is 2.08. The van der Waals surface area contributed by atoms with Gasteiger partial charge in [0, 0.05) is 24.2 Å². The molecule has 0 spiro atoms. The molecule has 1 fully saturated rings. The first-order chi connectivity index (χ1) is 13.0. The molecule has 0 aliphatic carbocycles. The fourth-order valence-corrected chi connectivity index (χ4v) is 3.45. The normalized spacial score (nSPS) is 15.5. The summed E-state index contributed by atoms with van der Waals surface area (Å²) >= 11 is 0.762. The number of nitrogens with one attached hydrogen (secondary N) is 1. The lowest BCUT2D eigenvalue weighted by Crippen LogP contribution is -2.37. The Bertz CT molecular complexity index is 942. The Labute approximate surface area is 160 Å². The molecule has 0 atom stereocenters. The van der Waals surface area contributed by atoms with Crippen LogP contribution in [-0.2, 0) is 4.79 Å². The molecular weight excluding hydrogens is 367 g/mol. The molecule has 1 aliphatic rings. The van der Waals surface area contributed by atoms with Gasteiger partial charge in [-0.3, -0.25) is 19.3 Å². The molecule has 3 amide bonds. The smallest absolute Gasteiger partial charge is 0.293 e. The van der Waals surface area contributed by atoms with Crippen LogP contribution in [0.4, 0.5) is 9.18 Å². The van der Waals surface area contributed by atoms with E-state index in [4.69, 9.17) is 0 Å². The minimum Gasteiger partial charge on any atom is -0.350 e. The van der Waals surface area contributed by atoms with Crippen LogP contribution < -0.4 is 5.32 Å². The second-order valence-electron chi connectivity index (χ2n) is 5.98. The van der Waals surface area contributed by atoms with Gasteiger partial charge in [-0.15, -0.1) is 0 Å². The zero-order chi connectivity index (χ0) is 19.4. The van der Waals surface area contributed by atoms with Crippen LogP contribution in [0.1, 0.15) is 21.5 Å². The number of benzene rings is 2. The predicted molar refractivity (Wildman–Crippen MR) is 103 cm³/mol. The van der Waals surface area contributed by atoms with Gasteiger partial charge < -0.3 is 5.32 Å². The number of carbonyl (C=O) groups is 3. The molecule has 1 heterocycles. The molecule has 2 aromatic rings. The SMILES string of the molecule is Cc1cccc(C(=O)NCCN2C(=O)S/C(=C\c3ccccc3F)C2=O)c1. The van der Waals surface area contributed by atoms with E-state index in [1.54, 1.807) is 30.3 Å². The number of carbonyl (C=O) groups excluding carboxylic acids is 3. The number of rotatable bonds is 5. The molecule has 7 heteroatoms. The molecule has 0 radical (unpaired) electrons. The van der Waals surface area contributed by atoms with Gasteiger partial charge in [0.05, 0.1) is 4.91 Å². The predicted octanol–water partition coefficient (Wildman–Crippen LogP) is 3.60. The van der Waals surface area contributed by atoms with Gasteiger partial charge in [-0.1, -0.05) is 35.9 Å². The molecule has 2 aromatic carbocycles. The lowest BCUT2D eigenvalue weighted by atomic mass is 10.1. The van der Waals surface area contributed by atoms with E-state index in [9.17, 15) is 18.8 Å². The molecule has 27 heavy (non-hydrogen) atoms. The highest BCUT2D eigenvalue weighted by Gasteiger charge is 2.34. The van der Waals surface area contributed by atoms with Crippen molar-refractivity contribution in [1.29, 1.82) is 0 Å². The Balaban J connectivity index is 1.61. The van der Waals surface area contributed by atoms with Gasteiger partial charge in [-0.05, 0) is 43.0 Å². The van der Waals surface area contributed by atoms with Crippen molar-refractivity contribution in [1.82, 2.24) is 10.2 Å². The highest BCUT2D eigenvalue weighted by Crippen LogP contribution is 2.32. The van der Waals surface area contributed by atoms with Crippen molar-refractivity contribution < 1.29 is 18.8 Å². The van der Waals surface area contributed by atoms with Crippen molar-refractivity contribution in [2.24, 2.45) is 0 Å². The first kappa shape index (κ1) is 18.8. The summed E-state index contributed by atoms with van der Waals surface area (Å²) in [6.07, 6.45) is 1.37. The number of hydrogen-bond acceptors (Lipinski definition) is 4. The number of nitrogens with zero attached hydrogens (tertiary/aromatic N) is 1. The van der Waals surface area contributed by atoms with E-state index in [0.29, 0.717) is 5.56 Å². The number of thioether (sulfide) groups is 1. The zero-order valence-electron chi connectivity index (χ0n) is 14.6. The highest BCUT2D eigenvalue weighted by molar-refractivity contribution is 8.18. The van der Waals surface area contributed by atoms with Crippen molar-refractivity contribution in [3.8, 4) is 0 Å². The van der Waals surface area contributed by atoms with E-state index < -0.39 is 17.0 Å². The standard InChI is InChI=1S/C20H17FN2O3S/c1-13-5-4-7-15(11-13)18(24)22-9-10-23-19(25)17(27-20(23)26)12-14-6-2-3-8-16(14)21/h2-8,11-12H,9-10H2,1H3,(H,22,24)/b17-12-. The first-order valence-electron chi connectivity index (χ1n) is 8.30. The topological polar surface area (TPSA) is 66.5 Å². The van der Waals surface area contributed by atoms with Crippen LogP contribution in [0.25, 0.3) is 6.08 Å². The summed E-state index contributed by atoms with van der Waals surface area (Å²) in [5.74, 6) is -1.22. The zero-order valence-corrected chi connectivity index (χ0v) is 15.4. The molecule has 5 nitrogen and oxygen atoms in total. The van der Waals surface area contributed by atoms with Gasteiger partial charge in [0.15, 0.2) is 0 Å². The van der Waals surface area contributed by atoms with Crippen LogP contribution in [0.3, 0.4) is 0 Å². The molecule has 0 saturated carbocycles. The Hall–Kier alpha value is -2.93. The lowest BCUT2D eigenvalue weighted by Gasteiger charge is -2.13. The number of halogens is 1. The van der Waals surface area contributed by atoms with Crippen molar-refractivity contribution in [2.45, 2.75) is 6.92 Å². The molecule has 0 bridgehead atoms. The molecular formula is C20H17FN2O3S. The van der Waals surface area contributed by atoms with Crippen molar-refractivity contribution in [2.75, 3.05) is 13.1 Å². The first-order valence-corrected chi connectivity index (χ1v) is 9.12. The summed E-state index contributed by atoms with van der Waals surface area (Å²) in [5, 5.41) is 2.26. The number of aryl methyl sites for hydroxylation is 1. The molecule has 138 valence electrons. The average molecular weight is 384 g/mol. The Kier molecular flexibility index (Phi) is 5.71. The molecule has 1 N–H and O–H groups in total. The largest absolute Gasteiger partial charge is 0.350 e. The van der Waals surface area contributed by atoms with Crippen molar-refractivity contribution in [3.63, 3.8) is 0 Å². The van der Waals surface area contributed by atoms with Crippen LogP contribution in [0.5, 0.6) is 0 Å². The Morgan fingerprint density at radius 3 is 2.70 bits per heavy atom. The van der Waals surface area contributed by atoms with Gasteiger partial charge in [0.1, 0.15) is 5.82 Å². The van der Waals surface area contributed by atoms with Gasteiger partial charge in [-0.25, -0.2) is 4.39 Å². The van der Waals surface area contributed by atoms with E-state index >= 15 is 0 Å². The summed E-state index contributed by atoms with van der Waals surface area (Å²) in [4.78, 5) is 37.8. The third kappa shape index (κ3) is 4.43. The lowest BCUT2D eigenvalue weighted by molar-refractivity contribution is -0.122. The third-order valence-corrected chi connectivity index (χ3v) is 4.87. The van der Waals surface area contributed by atoms with Gasteiger partial charge >= 0.3 is 0 Å². The summed E-state index contributed by atoms with van der Waals surface area (Å²) in [7, 11) is 0. The maximum atomic E-state index is 13.7. The molecule has 0 unspecified atom stereocenters. The maximum absolute atomic E-state index is 13.7. The summed E-state index contributed by atoms with van der Waals surface area (Å²) < 4.78 is 13.7. The van der Waals surface area contributed by atoms with E-state index in [0.717, 1.165) is 22.2 Å². The molecule has 1 saturated heterocycles. The Morgan fingerprint density at radius 1 is 1.19 bits per heavy atom. The molecule has 0 aromatic heterocycles. The minimum atomic E-state index is -0.488. The van der Waals surface area contributed by atoms with E-state index in [1.165, 1.54) is 18.2 Å². The van der Waals surface area contributed by atoms with Crippen molar-refractivity contribution >= 4 is 34.9 Å². The van der Waals surface area contributed by atoms with E-state index in [1.807, 2.05) is 13.0 Å². The molecule has 1 aliphatic heterocycles. The fourth-order valence-electron chi connectivity index (χ4n) is 2.60.